The van der Waals surface area contributed by atoms with E-state index < -0.39 is 0 Å². The predicted octanol–water partition coefficient (Wildman–Crippen LogP) is 2.63. The Morgan fingerprint density at radius 1 is 1.19 bits per heavy atom. The van der Waals surface area contributed by atoms with Crippen LogP contribution >= 0.6 is 0 Å². The molecule has 4 saturated carbocycles. The lowest BCUT2D eigenvalue weighted by Gasteiger charge is -2.55. The third-order valence-electron chi connectivity index (χ3n) is 6.51. The van der Waals surface area contributed by atoms with Gasteiger partial charge in [-0.05, 0) is 84.9 Å². The summed E-state index contributed by atoms with van der Waals surface area (Å²) >= 11 is 0. The van der Waals surface area contributed by atoms with Gasteiger partial charge < -0.3 is 5.32 Å². The molecule has 0 saturated heterocycles. The Kier molecular flexibility index (Phi) is 3.58. The van der Waals surface area contributed by atoms with Crippen molar-refractivity contribution in [3.63, 3.8) is 0 Å². The second kappa shape index (κ2) is 5.86. The molecule has 4 fully saturated rings. The predicted molar refractivity (Wildman–Crippen MR) is 91.6 cm³/mol. The first-order valence-electron chi connectivity index (χ1n) is 9.43. The van der Waals surface area contributed by atoms with Crippen LogP contribution in [0.1, 0.15) is 44.3 Å². The van der Waals surface area contributed by atoms with Crippen LogP contribution in [0.25, 0.3) is 5.69 Å². The van der Waals surface area contributed by atoms with E-state index in [2.05, 4.69) is 20.8 Å². The van der Waals surface area contributed by atoms with Crippen LogP contribution in [0.5, 0.6) is 0 Å². The summed E-state index contributed by atoms with van der Waals surface area (Å²) in [6.07, 6.45) is 7.01. The molecule has 1 aromatic heterocycles. The minimum atomic E-state index is -0.346. The topological polar surface area (TPSA) is 72.7 Å². The van der Waals surface area contributed by atoms with E-state index in [4.69, 9.17) is 0 Å². The van der Waals surface area contributed by atoms with Crippen molar-refractivity contribution in [2.24, 2.45) is 23.2 Å². The number of benzene rings is 1. The highest BCUT2D eigenvalue weighted by molar-refractivity contribution is 5.83. The van der Waals surface area contributed by atoms with Crippen LogP contribution in [0, 0.1) is 29.0 Å². The summed E-state index contributed by atoms with van der Waals surface area (Å²) in [4.78, 5) is 13.0. The van der Waals surface area contributed by atoms with Gasteiger partial charge in [-0.25, -0.2) is 4.39 Å². The van der Waals surface area contributed by atoms with Crippen LogP contribution < -0.4 is 5.32 Å². The lowest BCUT2D eigenvalue weighted by atomic mass is 9.49. The van der Waals surface area contributed by atoms with Gasteiger partial charge in [-0.15, -0.1) is 5.10 Å². The van der Waals surface area contributed by atoms with Gasteiger partial charge >= 0.3 is 0 Å². The Labute approximate surface area is 151 Å². The zero-order valence-corrected chi connectivity index (χ0v) is 14.6. The molecule has 0 atom stereocenters. The van der Waals surface area contributed by atoms with Gasteiger partial charge in [0.1, 0.15) is 5.82 Å². The van der Waals surface area contributed by atoms with E-state index in [1.165, 1.54) is 36.1 Å². The molecule has 1 N–H and O–H groups in total. The van der Waals surface area contributed by atoms with Gasteiger partial charge in [-0.2, -0.15) is 4.68 Å². The summed E-state index contributed by atoms with van der Waals surface area (Å²) in [6.45, 7) is 0.254. The van der Waals surface area contributed by atoms with Crippen LogP contribution in [0.2, 0.25) is 0 Å². The minimum Gasteiger partial charge on any atom is -0.348 e. The average Bonchev–Trinajstić information content (AvgIpc) is 3.07. The molecule has 26 heavy (non-hydrogen) atoms. The van der Waals surface area contributed by atoms with Crippen LogP contribution in [-0.4, -0.2) is 26.1 Å². The molecule has 0 spiro atoms. The van der Waals surface area contributed by atoms with Gasteiger partial charge in [-0.1, -0.05) is 6.07 Å². The summed E-state index contributed by atoms with van der Waals surface area (Å²) in [5, 5.41) is 14.7. The van der Waals surface area contributed by atoms with Crippen molar-refractivity contribution in [2.75, 3.05) is 0 Å². The Bertz CT molecular complexity index is 813. The van der Waals surface area contributed by atoms with Crippen molar-refractivity contribution >= 4 is 5.91 Å². The van der Waals surface area contributed by atoms with E-state index in [0.717, 1.165) is 37.0 Å². The second-order valence-corrected chi connectivity index (χ2v) is 8.37. The zero-order valence-electron chi connectivity index (χ0n) is 14.6. The highest BCUT2D eigenvalue weighted by atomic mass is 19.1. The molecular weight excluding hydrogens is 333 g/mol. The van der Waals surface area contributed by atoms with E-state index in [1.54, 1.807) is 12.1 Å². The number of aromatic nitrogens is 4. The van der Waals surface area contributed by atoms with Crippen molar-refractivity contribution < 1.29 is 9.18 Å². The molecule has 1 heterocycles. The van der Waals surface area contributed by atoms with Crippen molar-refractivity contribution in [3.8, 4) is 5.69 Å². The number of hydrogen-bond acceptors (Lipinski definition) is 4. The Morgan fingerprint density at radius 3 is 2.54 bits per heavy atom. The van der Waals surface area contributed by atoms with Crippen LogP contribution in [0.4, 0.5) is 4.39 Å². The minimum absolute atomic E-state index is 0.144. The molecule has 4 bridgehead atoms. The summed E-state index contributed by atoms with van der Waals surface area (Å²) in [5.74, 6) is 2.49. The van der Waals surface area contributed by atoms with Crippen molar-refractivity contribution in [1.29, 1.82) is 0 Å². The molecule has 7 heteroatoms. The Hall–Kier alpha value is -2.31. The maximum atomic E-state index is 13.5. The van der Waals surface area contributed by atoms with Crippen molar-refractivity contribution in [1.82, 2.24) is 25.5 Å². The van der Waals surface area contributed by atoms with Crippen molar-refractivity contribution in [2.45, 2.75) is 45.1 Å². The molecule has 0 aliphatic heterocycles. The van der Waals surface area contributed by atoms with Crippen LogP contribution in [-0.2, 0) is 11.3 Å². The Balaban J connectivity index is 1.32. The van der Waals surface area contributed by atoms with E-state index in [9.17, 15) is 9.18 Å². The molecule has 1 aromatic carbocycles. The first kappa shape index (κ1) is 15.9. The quantitative estimate of drug-likeness (QED) is 0.915. The van der Waals surface area contributed by atoms with E-state index in [0.29, 0.717) is 11.5 Å². The molecule has 1 amide bonds. The number of hydrogen-bond donors (Lipinski definition) is 1. The summed E-state index contributed by atoms with van der Waals surface area (Å²) in [5.41, 5.74) is 0.361. The zero-order chi connectivity index (χ0) is 17.7. The number of amides is 1. The first-order valence-corrected chi connectivity index (χ1v) is 9.43. The maximum Gasteiger partial charge on any atom is 0.226 e. The summed E-state index contributed by atoms with van der Waals surface area (Å²) < 4.78 is 15.0. The molecule has 6 nitrogen and oxygen atoms in total. The molecular formula is C19H22FN5O. The summed E-state index contributed by atoms with van der Waals surface area (Å²) in [7, 11) is 0. The van der Waals surface area contributed by atoms with Crippen LogP contribution in [0.15, 0.2) is 24.3 Å². The van der Waals surface area contributed by atoms with Gasteiger partial charge in [-0.3, -0.25) is 4.79 Å². The number of nitrogens with one attached hydrogen (secondary N) is 1. The fourth-order valence-electron chi connectivity index (χ4n) is 5.86. The van der Waals surface area contributed by atoms with Gasteiger partial charge in [0.2, 0.25) is 5.91 Å². The number of carbonyl (C=O) groups excluding carboxylic acids is 1. The fourth-order valence-corrected chi connectivity index (χ4v) is 5.86. The largest absolute Gasteiger partial charge is 0.348 e. The van der Waals surface area contributed by atoms with E-state index >= 15 is 0 Å². The molecule has 136 valence electrons. The highest BCUT2D eigenvalue weighted by Crippen LogP contribution is 2.60. The first-order chi connectivity index (χ1) is 12.6. The number of halogens is 1. The molecule has 4 aliphatic rings. The number of nitrogens with zero attached hydrogens (tertiary/aromatic N) is 4. The van der Waals surface area contributed by atoms with Gasteiger partial charge in [0.05, 0.1) is 12.2 Å². The van der Waals surface area contributed by atoms with E-state index in [-0.39, 0.29) is 23.7 Å². The van der Waals surface area contributed by atoms with Gasteiger partial charge in [0, 0.05) is 5.41 Å². The summed E-state index contributed by atoms with van der Waals surface area (Å²) in [6, 6.07) is 6.11. The molecule has 4 aliphatic carbocycles. The average molecular weight is 355 g/mol. The second-order valence-electron chi connectivity index (χ2n) is 8.37. The fraction of sp³-hybridized carbons (Fsp3) is 0.579. The third-order valence-corrected chi connectivity index (χ3v) is 6.51. The van der Waals surface area contributed by atoms with Crippen LogP contribution in [0.3, 0.4) is 0 Å². The number of rotatable bonds is 4. The van der Waals surface area contributed by atoms with E-state index in [1.807, 2.05) is 0 Å². The van der Waals surface area contributed by atoms with Gasteiger partial charge in [0.25, 0.3) is 0 Å². The lowest BCUT2D eigenvalue weighted by molar-refractivity contribution is -0.146. The standard InChI is InChI=1S/C19H22FN5O/c20-15-2-1-3-16(7-15)25-17(22-23-24-25)11-21-18(26)19-8-12-4-13(9-19)6-14(5-12)10-19/h1-3,7,12-14H,4-6,8-11H2,(H,21,26). The molecule has 2 aromatic rings. The number of tetrazole rings is 1. The maximum absolute atomic E-state index is 13.5. The molecule has 0 radical (unpaired) electrons. The smallest absolute Gasteiger partial charge is 0.226 e. The molecule has 0 unspecified atom stereocenters. The van der Waals surface area contributed by atoms with Crippen molar-refractivity contribution in [3.05, 3.63) is 35.9 Å². The van der Waals surface area contributed by atoms with Gasteiger partial charge in [0.15, 0.2) is 5.82 Å². The Morgan fingerprint density at radius 2 is 1.88 bits per heavy atom. The SMILES string of the molecule is O=C(NCc1nnnn1-c1cccc(F)c1)C12CC3CC(CC(C3)C1)C2. The monoisotopic (exact) mass is 355 g/mol. The third kappa shape index (κ3) is 2.61. The lowest BCUT2D eigenvalue weighted by Crippen LogP contribution is -2.53. The highest BCUT2D eigenvalue weighted by Gasteiger charge is 2.54. The molecule has 6 rings (SSSR count). The number of carbonyl (C=O) groups is 1. The normalized spacial score (nSPS) is 32.0.